The number of aromatic hydroxyl groups is 1. The molecule has 0 aromatic carbocycles. The lowest BCUT2D eigenvalue weighted by Crippen LogP contribution is -2.32. The Morgan fingerprint density at radius 2 is 2.22 bits per heavy atom. The quantitative estimate of drug-likeness (QED) is 0.899. The van der Waals surface area contributed by atoms with Gasteiger partial charge in [0, 0.05) is 9.35 Å². The monoisotopic (exact) mass is 330 g/mol. The van der Waals surface area contributed by atoms with Gasteiger partial charge in [0.25, 0.3) is 5.56 Å². The largest absolute Gasteiger partial charge is 0.494 e. The molecular weight excluding hydrogens is 320 g/mol. The van der Waals surface area contributed by atoms with E-state index in [9.17, 15) is 14.7 Å². The number of thiophene rings is 1. The molecule has 0 aliphatic carbocycles. The first kappa shape index (κ1) is 13.1. The number of H-pyrrole nitrogens is 1. The molecule has 96 valence electrons. The van der Waals surface area contributed by atoms with Crippen molar-refractivity contribution in [2.24, 2.45) is 0 Å². The molecule has 0 aliphatic heterocycles. The summed E-state index contributed by atoms with van der Waals surface area (Å²) < 4.78 is 2.04. The van der Waals surface area contributed by atoms with Gasteiger partial charge in [-0.05, 0) is 33.8 Å². The fourth-order valence-electron chi connectivity index (χ4n) is 1.65. The average molecular weight is 331 g/mol. The molecule has 7 heteroatoms. The van der Waals surface area contributed by atoms with Gasteiger partial charge in [0.1, 0.15) is 0 Å². The highest BCUT2D eigenvalue weighted by molar-refractivity contribution is 9.10. The molecule has 5 nitrogen and oxygen atoms in total. The minimum atomic E-state index is -0.602. The number of rotatable bonds is 3. The molecule has 0 amide bonds. The van der Waals surface area contributed by atoms with Crippen molar-refractivity contribution in [3.8, 4) is 5.88 Å². The Balaban J connectivity index is 2.55. The first-order valence-corrected chi connectivity index (χ1v) is 6.98. The zero-order chi connectivity index (χ0) is 13.3. The topological polar surface area (TPSA) is 75.1 Å². The maximum atomic E-state index is 11.7. The zero-order valence-electron chi connectivity index (χ0n) is 9.57. The van der Waals surface area contributed by atoms with Crippen LogP contribution in [0.25, 0.3) is 0 Å². The number of aromatic nitrogens is 2. The summed E-state index contributed by atoms with van der Waals surface area (Å²) in [5, 5.41) is 11.9. The van der Waals surface area contributed by atoms with Crippen LogP contribution in [0.3, 0.4) is 0 Å². The number of nitrogens with zero attached hydrogens (tertiary/aromatic N) is 1. The van der Waals surface area contributed by atoms with Gasteiger partial charge < -0.3 is 5.11 Å². The highest BCUT2D eigenvalue weighted by Crippen LogP contribution is 2.24. The van der Waals surface area contributed by atoms with E-state index in [0.717, 1.165) is 13.9 Å². The summed E-state index contributed by atoms with van der Waals surface area (Å²) in [7, 11) is 0. The molecule has 0 spiro atoms. The molecule has 2 rings (SSSR count). The van der Waals surface area contributed by atoms with Gasteiger partial charge in [0.05, 0.1) is 12.1 Å². The van der Waals surface area contributed by atoms with Gasteiger partial charge >= 0.3 is 5.69 Å². The van der Waals surface area contributed by atoms with Crippen molar-refractivity contribution < 1.29 is 5.11 Å². The summed E-state index contributed by atoms with van der Waals surface area (Å²) >= 11 is 4.83. The Kier molecular flexibility index (Phi) is 3.72. The molecule has 0 atom stereocenters. The molecule has 18 heavy (non-hydrogen) atoms. The number of aromatic amines is 1. The van der Waals surface area contributed by atoms with Crippen molar-refractivity contribution in [2.75, 3.05) is 0 Å². The van der Waals surface area contributed by atoms with Crippen LogP contribution in [0.5, 0.6) is 5.88 Å². The Bertz CT molecular complexity index is 686. The van der Waals surface area contributed by atoms with Crippen molar-refractivity contribution in [1.82, 2.24) is 9.55 Å². The molecule has 2 aromatic heterocycles. The van der Waals surface area contributed by atoms with E-state index in [1.165, 1.54) is 11.3 Å². The second kappa shape index (κ2) is 5.11. The van der Waals surface area contributed by atoms with E-state index in [-0.39, 0.29) is 18.0 Å². The average Bonchev–Trinajstić information content (AvgIpc) is 2.70. The van der Waals surface area contributed by atoms with Gasteiger partial charge in [0.15, 0.2) is 0 Å². The number of hydrogen-bond acceptors (Lipinski definition) is 4. The second-order valence-corrected chi connectivity index (χ2v) is 5.55. The molecule has 0 bridgehead atoms. The van der Waals surface area contributed by atoms with Crippen LogP contribution in [0.15, 0.2) is 25.5 Å². The Morgan fingerprint density at radius 1 is 1.50 bits per heavy atom. The lowest BCUT2D eigenvalue weighted by molar-refractivity contribution is 0.402. The van der Waals surface area contributed by atoms with Crippen molar-refractivity contribution in [3.63, 3.8) is 0 Å². The molecule has 2 aromatic rings. The van der Waals surface area contributed by atoms with Crippen LogP contribution in [-0.4, -0.2) is 14.7 Å². The van der Waals surface area contributed by atoms with Crippen LogP contribution >= 0.6 is 27.3 Å². The van der Waals surface area contributed by atoms with E-state index in [0.29, 0.717) is 6.42 Å². The SMILES string of the molecule is CCc1c(O)n(Cc2sccc2Br)c(=O)[nH]c1=O. The van der Waals surface area contributed by atoms with E-state index in [1.54, 1.807) is 6.92 Å². The van der Waals surface area contributed by atoms with E-state index >= 15 is 0 Å². The molecular formula is C11H11BrN2O3S. The third-order valence-corrected chi connectivity index (χ3v) is 4.52. The third-order valence-electron chi connectivity index (χ3n) is 2.61. The predicted octanol–water partition coefficient (Wildman–Crippen LogP) is 1.68. The second-order valence-electron chi connectivity index (χ2n) is 3.69. The molecule has 0 saturated heterocycles. The zero-order valence-corrected chi connectivity index (χ0v) is 12.0. The van der Waals surface area contributed by atoms with Gasteiger partial charge in [-0.3, -0.25) is 14.3 Å². The number of nitrogens with one attached hydrogen (secondary N) is 1. The summed E-state index contributed by atoms with van der Waals surface area (Å²) in [4.78, 5) is 26.3. The Hall–Kier alpha value is -1.34. The van der Waals surface area contributed by atoms with Crippen molar-refractivity contribution >= 4 is 27.3 Å². The Labute approximate surface area is 115 Å². The molecule has 0 unspecified atom stereocenters. The number of hydrogen-bond donors (Lipinski definition) is 2. The highest BCUT2D eigenvalue weighted by atomic mass is 79.9. The standard InChI is InChI=1S/C11H11BrN2O3S/c1-2-6-9(15)13-11(17)14(10(6)16)5-8-7(12)3-4-18-8/h3-4,16H,2,5H2,1H3,(H,13,15,17). The molecule has 0 radical (unpaired) electrons. The van der Waals surface area contributed by atoms with E-state index in [2.05, 4.69) is 20.9 Å². The summed E-state index contributed by atoms with van der Waals surface area (Å²) in [6.07, 6.45) is 0.368. The summed E-state index contributed by atoms with van der Waals surface area (Å²) in [6.45, 7) is 1.98. The smallest absolute Gasteiger partial charge is 0.331 e. The van der Waals surface area contributed by atoms with Gasteiger partial charge in [-0.2, -0.15) is 0 Å². The number of halogens is 1. The minimum absolute atomic E-state index is 0.224. The summed E-state index contributed by atoms with van der Waals surface area (Å²) in [5.74, 6) is -0.258. The predicted molar refractivity (Wildman–Crippen MR) is 73.5 cm³/mol. The maximum Gasteiger partial charge on any atom is 0.331 e. The van der Waals surface area contributed by atoms with Gasteiger partial charge in [-0.15, -0.1) is 11.3 Å². The molecule has 0 saturated carbocycles. The lowest BCUT2D eigenvalue weighted by Gasteiger charge is -2.09. The van der Waals surface area contributed by atoms with Gasteiger partial charge in [0.2, 0.25) is 5.88 Å². The van der Waals surface area contributed by atoms with Crippen molar-refractivity contribution in [1.29, 1.82) is 0 Å². The minimum Gasteiger partial charge on any atom is -0.494 e. The summed E-state index contributed by atoms with van der Waals surface area (Å²) in [5.41, 5.74) is -0.904. The fraction of sp³-hybridized carbons (Fsp3) is 0.273. The van der Waals surface area contributed by atoms with Crippen LogP contribution in [0.1, 0.15) is 17.4 Å². The fourth-order valence-corrected chi connectivity index (χ4v) is 3.11. The molecule has 2 heterocycles. The summed E-state index contributed by atoms with van der Waals surface area (Å²) in [6, 6.07) is 1.87. The van der Waals surface area contributed by atoms with E-state index in [4.69, 9.17) is 0 Å². The van der Waals surface area contributed by atoms with Crippen molar-refractivity contribution in [3.05, 3.63) is 47.2 Å². The first-order chi connectivity index (χ1) is 8.54. The van der Waals surface area contributed by atoms with Crippen LogP contribution < -0.4 is 11.2 Å². The molecule has 0 aliphatic rings. The highest BCUT2D eigenvalue weighted by Gasteiger charge is 2.14. The molecule has 2 N–H and O–H groups in total. The van der Waals surface area contributed by atoms with Crippen LogP contribution in [-0.2, 0) is 13.0 Å². The normalized spacial score (nSPS) is 10.8. The lowest BCUT2D eigenvalue weighted by atomic mass is 10.2. The first-order valence-electron chi connectivity index (χ1n) is 5.31. The Morgan fingerprint density at radius 3 is 2.78 bits per heavy atom. The van der Waals surface area contributed by atoms with E-state index in [1.807, 2.05) is 11.4 Å². The third kappa shape index (κ3) is 2.28. The van der Waals surface area contributed by atoms with Crippen LogP contribution in [0.4, 0.5) is 0 Å². The molecule has 0 fully saturated rings. The van der Waals surface area contributed by atoms with Gasteiger partial charge in [-0.25, -0.2) is 4.79 Å². The van der Waals surface area contributed by atoms with Crippen LogP contribution in [0, 0.1) is 0 Å². The maximum absolute atomic E-state index is 11.7. The van der Waals surface area contributed by atoms with Crippen molar-refractivity contribution in [2.45, 2.75) is 19.9 Å². The van der Waals surface area contributed by atoms with Gasteiger partial charge in [-0.1, -0.05) is 6.92 Å². The van der Waals surface area contributed by atoms with E-state index < -0.39 is 11.2 Å². The van der Waals surface area contributed by atoms with Crippen LogP contribution in [0.2, 0.25) is 0 Å².